The molecule has 6 nitrogen and oxygen atoms in total. The van der Waals surface area contributed by atoms with Crippen molar-refractivity contribution in [2.45, 2.75) is 26.2 Å². The van der Waals surface area contributed by atoms with E-state index >= 15 is 0 Å². The van der Waals surface area contributed by atoms with Gasteiger partial charge in [-0.2, -0.15) is 0 Å². The van der Waals surface area contributed by atoms with Crippen LogP contribution in [-0.2, 0) is 15.0 Å². The van der Waals surface area contributed by atoms with Crippen LogP contribution < -0.4 is 10.6 Å². The molecule has 0 aliphatic rings. The number of nitrogens with one attached hydrogen (secondary N) is 3. The number of aromatic nitrogens is 2. The van der Waals surface area contributed by atoms with Gasteiger partial charge in [-0.05, 0) is 17.7 Å². The zero-order chi connectivity index (χ0) is 20.6. The van der Waals surface area contributed by atoms with E-state index in [9.17, 15) is 9.59 Å². The SMILES string of the molecule is CN/C(=C\C=C\c1ccccc1)C(=O)N/C(C=O)=C\c1nc[nH]c1C(C)(C)C. The third-order valence-electron chi connectivity index (χ3n) is 3.96. The summed E-state index contributed by atoms with van der Waals surface area (Å²) in [5.41, 5.74) is 2.83. The van der Waals surface area contributed by atoms with Gasteiger partial charge in [0.1, 0.15) is 0 Å². The maximum absolute atomic E-state index is 12.5. The van der Waals surface area contributed by atoms with Crippen molar-refractivity contribution >= 4 is 24.3 Å². The summed E-state index contributed by atoms with van der Waals surface area (Å²) < 4.78 is 0. The van der Waals surface area contributed by atoms with Gasteiger partial charge < -0.3 is 15.6 Å². The monoisotopic (exact) mass is 378 g/mol. The quantitative estimate of drug-likeness (QED) is 0.392. The van der Waals surface area contributed by atoms with Crippen LogP contribution in [0.5, 0.6) is 0 Å². The molecular formula is C22H26N4O2. The maximum atomic E-state index is 12.5. The fourth-order valence-electron chi connectivity index (χ4n) is 2.55. The minimum absolute atomic E-state index is 0.135. The molecule has 0 saturated carbocycles. The Labute approximate surface area is 165 Å². The highest BCUT2D eigenvalue weighted by molar-refractivity contribution is 5.99. The van der Waals surface area contributed by atoms with Gasteiger partial charge in [0, 0.05) is 18.2 Å². The Morgan fingerprint density at radius 2 is 1.89 bits per heavy atom. The standard InChI is InChI=1S/C22H26N4O2/c1-22(2,3)20-19(24-15-25-20)13-17(14-27)26-21(28)18(23-4)12-8-11-16-9-6-5-7-10-16/h5-15,23H,1-4H3,(H,24,25)(H,26,28)/b11-8+,17-13-,18-12-. The second-order valence-corrected chi connectivity index (χ2v) is 7.18. The number of H-pyrrole nitrogens is 1. The van der Waals surface area contributed by atoms with Crippen molar-refractivity contribution in [3.05, 3.63) is 77.2 Å². The number of aromatic amines is 1. The molecule has 0 aliphatic heterocycles. The van der Waals surface area contributed by atoms with Crippen LogP contribution in [-0.4, -0.2) is 29.2 Å². The lowest BCUT2D eigenvalue weighted by molar-refractivity contribution is -0.118. The highest BCUT2D eigenvalue weighted by atomic mass is 16.2. The number of hydrogen-bond acceptors (Lipinski definition) is 4. The van der Waals surface area contributed by atoms with E-state index in [0.717, 1.165) is 11.3 Å². The molecular weight excluding hydrogens is 352 g/mol. The minimum Gasteiger partial charge on any atom is -0.384 e. The van der Waals surface area contributed by atoms with Crippen molar-refractivity contribution in [1.29, 1.82) is 0 Å². The molecule has 2 rings (SSSR count). The summed E-state index contributed by atoms with van der Waals surface area (Å²) in [5.74, 6) is -0.411. The van der Waals surface area contributed by atoms with Gasteiger partial charge in [0.25, 0.3) is 5.91 Å². The molecule has 1 heterocycles. The third kappa shape index (κ3) is 5.81. The molecule has 0 atom stereocenters. The molecule has 0 fully saturated rings. The Morgan fingerprint density at radius 1 is 1.18 bits per heavy atom. The van der Waals surface area contributed by atoms with E-state index in [1.54, 1.807) is 31.6 Å². The Kier molecular flexibility index (Phi) is 7.09. The second kappa shape index (κ2) is 9.50. The Hall–Kier alpha value is -3.41. The van der Waals surface area contributed by atoms with Gasteiger partial charge in [0.05, 0.1) is 23.4 Å². The van der Waals surface area contributed by atoms with Crippen LogP contribution in [0.25, 0.3) is 12.2 Å². The lowest BCUT2D eigenvalue weighted by atomic mass is 9.90. The Bertz CT molecular complexity index is 900. The van der Waals surface area contributed by atoms with Crippen LogP contribution in [0.15, 0.2) is 60.2 Å². The van der Waals surface area contributed by atoms with Crippen LogP contribution in [0.4, 0.5) is 0 Å². The lowest BCUT2D eigenvalue weighted by Gasteiger charge is -2.17. The number of allylic oxidation sites excluding steroid dienone is 3. The van der Waals surface area contributed by atoms with Crippen molar-refractivity contribution < 1.29 is 9.59 Å². The molecule has 1 amide bonds. The average molecular weight is 378 g/mol. The first-order chi connectivity index (χ1) is 13.3. The minimum atomic E-state index is -0.411. The molecule has 1 aromatic heterocycles. The van der Waals surface area contributed by atoms with Crippen LogP contribution >= 0.6 is 0 Å². The first-order valence-electron chi connectivity index (χ1n) is 8.98. The second-order valence-electron chi connectivity index (χ2n) is 7.18. The number of amides is 1. The molecule has 0 aliphatic carbocycles. The first kappa shape index (κ1) is 20.9. The van der Waals surface area contributed by atoms with Crippen molar-refractivity contribution in [1.82, 2.24) is 20.6 Å². The number of nitrogens with zero attached hydrogens (tertiary/aromatic N) is 1. The molecule has 2 aromatic rings. The van der Waals surface area contributed by atoms with E-state index in [1.807, 2.05) is 57.2 Å². The predicted molar refractivity (Wildman–Crippen MR) is 112 cm³/mol. The summed E-state index contributed by atoms with van der Waals surface area (Å²) in [4.78, 5) is 31.3. The summed E-state index contributed by atoms with van der Waals surface area (Å²) in [6.45, 7) is 6.12. The fourth-order valence-corrected chi connectivity index (χ4v) is 2.55. The lowest BCUT2D eigenvalue weighted by Crippen LogP contribution is -2.30. The van der Waals surface area contributed by atoms with E-state index in [0.29, 0.717) is 17.7 Å². The molecule has 0 saturated heterocycles. The van der Waals surface area contributed by atoms with E-state index in [2.05, 4.69) is 20.6 Å². The van der Waals surface area contributed by atoms with Crippen LogP contribution in [0, 0.1) is 0 Å². The number of carbonyl (C=O) groups excluding carboxylic acids is 2. The van der Waals surface area contributed by atoms with Crippen molar-refractivity contribution in [2.75, 3.05) is 7.05 Å². The summed E-state index contributed by atoms with van der Waals surface area (Å²) >= 11 is 0. The topological polar surface area (TPSA) is 86.9 Å². The van der Waals surface area contributed by atoms with Crippen molar-refractivity contribution in [3.63, 3.8) is 0 Å². The van der Waals surface area contributed by atoms with Crippen LogP contribution in [0.1, 0.15) is 37.7 Å². The number of rotatable bonds is 7. The van der Waals surface area contributed by atoms with Gasteiger partial charge >= 0.3 is 0 Å². The molecule has 28 heavy (non-hydrogen) atoms. The summed E-state index contributed by atoms with van der Waals surface area (Å²) in [7, 11) is 1.65. The molecule has 0 radical (unpaired) electrons. The number of hydrogen-bond donors (Lipinski definition) is 3. The Balaban J connectivity index is 2.16. The number of aldehydes is 1. The normalized spacial score (nSPS) is 12.9. The third-order valence-corrected chi connectivity index (χ3v) is 3.96. The zero-order valence-corrected chi connectivity index (χ0v) is 16.6. The number of carbonyl (C=O) groups is 2. The number of benzene rings is 1. The van der Waals surface area contributed by atoms with Crippen molar-refractivity contribution in [2.24, 2.45) is 0 Å². The van der Waals surface area contributed by atoms with Gasteiger partial charge in [-0.25, -0.2) is 4.98 Å². The molecule has 3 N–H and O–H groups in total. The number of likely N-dealkylation sites (N-methyl/N-ethyl adjacent to an activating group) is 1. The highest BCUT2D eigenvalue weighted by Crippen LogP contribution is 2.23. The van der Waals surface area contributed by atoms with Gasteiger partial charge in [-0.15, -0.1) is 0 Å². The van der Waals surface area contributed by atoms with Gasteiger partial charge in [-0.1, -0.05) is 63.3 Å². The van der Waals surface area contributed by atoms with E-state index in [1.165, 1.54) is 0 Å². The maximum Gasteiger partial charge on any atom is 0.271 e. The summed E-state index contributed by atoms with van der Waals surface area (Å²) in [6.07, 6.45) is 9.06. The predicted octanol–water partition coefficient (Wildman–Crippen LogP) is 3.18. The summed E-state index contributed by atoms with van der Waals surface area (Å²) in [6, 6.07) is 9.76. The van der Waals surface area contributed by atoms with E-state index in [-0.39, 0.29) is 11.1 Å². The number of imidazole rings is 1. The van der Waals surface area contributed by atoms with E-state index in [4.69, 9.17) is 0 Å². The van der Waals surface area contributed by atoms with Gasteiger partial charge in [0.2, 0.25) is 0 Å². The van der Waals surface area contributed by atoms with E-state index < -0.39 is 5.91 Å². The van der Waals surface area contributed by atoms with Crippen LogP contribution in [0.3, 0.4) is 0 Å². The smallest absolute Gasteiger partial charge is 0.271 e. The van der Waals surface area contributed by atoms with Crippen molar-refractivity contribution in [3.8, 4) is 0 Å². The molecule has 0 spiro atoms. The molecule has 0 unspecified atom stereocenters. The molecule has 6 heteroatoms. The van der Waals surface area contributed by atoms with Gasteiger partial charge in [-0.3, -0.25) is 9.59 Å². The van der Waals surface area contributed by atoms with Gasteiger partial charge in [0.15, 0.2) is 6.29 Å². The fraction of sp³-hybridized carbons (Fsp3) is 0.227. The largest absolute Gasteiger partial charge is 0.384 e. The highest BCUT2D eigenvalue weighted by Gasteiger charge is 2.20. The average Bonchev–Trinajstić information content (AvgIpc) is 3.14. The first-order valence-corrected chi connectivity index (χ1v) is 8.98. The molecule has 1 aromatic carbocycles. The zero-order valence-electron chi connectivity index (χ0n) is 16.6. The van der Waals surface area contributed by atoms with Crippen LogP contribution in [0.2, 0.25) is 0 Å². The molecule has 0 bridgehead atoms. The summed E-state index contributed by atoms with van der Waals surface area (Å²) in [5, 5.41) is 5.46. The molecule has 146 valence electrons. The Morgan fingerprint density at radius 3 is 2.50 bits per heavy atom.